The number of benzene rings is 3. The molecule has 0 saturated carbocycles. The number of aromatic hydroxyl groups is 2. The van der Waals surface area contributed by atoms with Crippen molar-refractivity contribution < 1.29 is 10.2 Å². The number of unbranched alkanes of at least 4 members (excludes halogenated alkanes) is 3. The Morgan fingerprint density at radius 2 is 1.04 bits per heavy atom. The van der Waals surface area contributed by atoms with Crippen LogP contribution in [0.4, 0.5) is 0 Å². The molecule has 1 unspecified atom stereocenters. The summed E-state index contributed by atoms with van der Waals surface area (Å²) in [7, 11) is 0. The fourth-order valence-electron chi connectivity index (χ4n) is 3.57. The van der Waals surface area contributed by atoms with Crippen LogP contribution in [0.5, 0.6) is 11.5 Å². The molecule has 0 fully saturated rings. The van der Waals surface area contributed by atoms with Gasteiger partial charge in [-0.2, -0.15) is 0 Å². The first kappa shape index (κ1) is 19.0. The van der Waals surface area contributed by atoms with Crippen LogP contribution in [0.15, 0.2) is 72.8 Å². The van der Waals surface area contributed by atoms with E-state index in [0.717, 1.165) is 17.5 Å². The lowest BCUT2D eigenvalue weighted by Gasteiger charge is -2.19. The van der Waals surface area contributed by atoms with Crippen LogP contribution >= 0.6 is 0 Å². The van der Waals surface area contributed by atoms with Gasteiger partial charge >= 0.3 is 0 Å². The Balaban J connectivity index is 1.82. The average Bonchev–Trinajstić information content (AvgIpc) is 2.70. The van der Waals surface area contributed by atoms with Gasteiger partial charge in [0.2, 0.25) is 0 Å². The van der Waals surface area contributed by atoms with E-state index in [4.69, 9.17) is 0 Å². The summed E-state index contributed by atoms with van der Waals surface area (Å²) in [5, 5.41) is 19.1. The highest BCUT2D eigenvalue weighted by Crippen LogP contribution is 2.32. The molecule has 0 aliphatic carbocycles. The van der Waals surface area contributed by atoms with Crippen LogP contribution in [0.25, 0.3) is 11.1 Å². The monoisotopic (exact) mass is 360 g/mol. The van der Waals surface area contributed by atoms with E-state index >= 15 is 0 Å². The van der Waals surface area contributed by atoms with Gasteiger partial charge in [0.1, 0.15) is 11.5 Å². The Morgan fingerprint density at radius 3 is 1.56 bits per heavy atom. The second-order valence-corrected chi connectivity index (χ2v) is 7.16. The Morgan fingerprint density at radius 1 is 0.593 bits per heavy atom. The Kier molecular flexibility index (Phi) is 6.54. The second-order valence-electron chi connectivity index (χ2n) is 7.16. The first-order valence-electron chi connectivity index (χ1n) is 9.85. The van der Waals surface area contributed by atoms with Gasteiger partial charge in [-0.3, -0.25) is 0 Å². The molecule has 0 spiro atoms. The molecule has 0 aromatic heterocycles. The zero-order valence-electron chi connectivity index (χ0n) is 15.9. The van der Waals surface area contributed by atoms with Crippen LogP contribution in [0.1, 0.15) is 56.1 Å². The molecule has 0 aliphatic rings. The van der Waals surface area contributed by atoms with Crippen molar-refractivity contribution in [3.05, 3.63) is 83.9 Å². The summed E-state index contributed by atoms with van der Waals surface area (Å²) < 4.78 is 0. The van der Waals surface area contributed by atoms with Gasteiger partial charge in [0, 0.05) is 5.92 Å². The largest absolute Gasteiger partial charge is 0.508 e. The minimum absolute atomic E-state index is 0.287. The van der Waals surface area contributed by atoms with E-state index in [1.165, 1.54) is 36.8 Å². The average molecular weight is 360 g/mol. The van der Waals surface area contributed by atoms with E-state index in [2.05, 4.69) is 31.2 Å². The van der Waals surface area contributed by atoms with Gasteiger partial charge in [-0.1, -0.05) is 81.1 Å². The summed E-state index contributed by atoms with van der Waals surface area (Å²) in [4.78, 5) is 0. The third-order valence-corrected chi connectivity index (χ3v) is 5.16. The van der Waals surface area contributed by atoms with E-state index in [9.17, 15) is 10.2 Å². The van der Waals surface area contributed by atoms with Gasteiger partial charge < -0.3 is 10.2 Å². The number of phenols is 2. The van der Waals surface area contributed by atoms with Gasteiger partial charge in [0.25, 0.3) is 0 Å². The number of hydrogen-bond donors (Lipinski definition) is 2. The quantitative estimate of drug-likeness (QED) is 0.430. The van der Waals surface area contributed by atoms with Crippen molar-refractivity contribution in [1.82, 2.24) is 0 Å². The molecule has 3 aromatic carbocycles. The summed E-state index contributed by atoms with van der Waals surface area (Å²) >= 11 is 0. The Hall–Kier alpha value is -2.74. The number of rotatable bonds is 8. The molecule has 2 heteroatoms. The Bertz CT molecular complexity index is 818. The van der Waals surface area contributed by atoms with E-state index in [1.54, 1.807) is 24.3 Å². The number of hydrogen-bond acceptors (Lipinski definition) is 2. The molecule has 0 amide bonds. The van der Waals surface area contributed by atoms with Gasteiger partial charge in [-0.25, -0.2) is 0 Å². The highest BCUT2D eigenvalue weighted by atomic mass is 16.3. The zero-order chi connectivity index (χ0) is 19.1. The molecule has 2 nitrogen and oxygen atoms in total. The zero-order valence-corrected chi connectivity index (χ0v) is 15.9. The molecular formula is C25H28O2. The summed E-state index contributed by atoms with van der Waals surface area (Å²) in [6.45, 7) is 2.24. The van der Waals surface area contributed by atoms with Crippen molar-refractivity contribution in [2.75, 3.05) is 0 Å². The Labute approximate surface area is 162 Å². The topological polar surface area (TPSA) is 40.5 Å². The van der Waals surface area contributed by atoms with Crippen molar-refractivity contribution in [2.45, 2.75) is 44.9 Å². The fourth-order valence-corrected chi connectivity index (χ4v) is 3.57. The van der Waals surface area contributed by atoms with Crippen molar-refractivity contribution >= 4 is 0 Å². The van der Waals surface area contributed by atoms with Crippen molar-refractivity contribution in [3.8, 4) is 22.6 Å². The van der Waals surface area contributed by atoms with Gasteiger partial charge in [-0.15, -0.1) is 0 Å². The second kappa shape index (κ2) is 9.27. The predicted molar refractivity (Wildman–Crippen MR) is 112 cm³/mol. The molecular weight excluding hydrogens is 332 g/mol. The molecule has 140 valence electrons. The van der Waals surface area contributed by atoms with Crippen LogP contribution in [0.3, 0.4) is 0 Å². The lowest BCUT2D eigenvalue weighted by molar-refractivity contribution is 0.474. The van der Waals surface area contributed by atoms with E-state index < -0.39 is 0 Å². The SMILES string of the molecule is CCCCCCC(c1ccc(O)cc1)c1ccc(-c2ccc(O)cc2)cc1. The van der Waals surface area contributed by atoms with Crippen LogP contribution in [0, 0.1) is 0 Å². The van der Waals surface area contributed by atoms with Crippen molar-refractivity contribution in [1.29, 1.82) is 0 Å². The summed E-state index contributed by atoms with van der Waals surface area (Å²) in [5.74, 6) is 0.942. The van der Waals surface area contributed by atoms with Crippen LogP contribution < -0.4 is 0 Å². The van der Waals surface area contributed by atoms with Gasteiger partial charge in [0.05, 0.1) is 0 Å². The molecule has 0 saturated heterocycles. The lowest BCUT2D eigenvalue weighted by Crippen LogP contribution is -2.01. The van der Waals surface area contributed by atoms with Gasteiger partial charge in [0.15, 0.2) is 0 Å². The third-order valence-electron chi connectivity index (χ3n) is 5.16. The fraction of sp³-hybridized carbons (Fsp3) is 0.280. The van der Waals surface area contributed by atoms with Gasteiger partial charge in [-0.05, 0) is 52.9 Å². The normalized spacial score (nSPS) is 12.0. The maximum Gasteiger partial charge on any atom is 0.115 e. The highest BCUT2D eigenvalue weighted by molar-refractivity contribution is 5.64. The van der Waals surface area contributed by atoms with Crippen LogP contribution in [0.2, 0.25) is 0 Å². The number of phenolic OH excluding ortho intramolecular Hbond substituents is 2. The molecule has 0 aliphatic heterocycles. The van der Waals surface area contributed by atoms with Crippen LogP contribution in [-0.2, 0) is 0 Å². The smallest absolute Gasteiger partial charge is 0.115 e. The highest BCUT2D eigenvalue weighted by Gasteiger charge is 2.14. The first-order valence-corrected chi connectivity index (χ1v) is 9.85. The molecule has 0 radical (unpaired) electrons. The summed E-state index contributed by atoms with van der Waals surface area (Å²) in [6.07, 6.45) is 6.10. The molecule has 2 N–H and O–H groups in total. The molecule has 0 bridgehead atoms. The van der Waals surface area contributed by atoms with E-state index in [-0.39, 0.29) is 5.75 Å². The standard InChI is InChI=1S/C25H28O2/c1-2-3-4-5-6-25(22-13-17-24(27)18-14-22)21-9-7-19(8-10-21)20-11-15-23(26)16-12-20/h7-18,25-27H,2-6H2,1H3. The summed E-state index contributed by atoms with van der Waals surface area (Å²) in [5.41, 5.74) is 4.80. The molecule has 3 aromatic rings. The third kappa shape index (κ3) is 5.13. The van der Waals surface area contributed by atoms with E-state index in [0.29, 0.717) is 11.7 Å². The minimum atomic E-state index is 0.287. The van der Waals surface area contributed by atoms with Crippen LogP contribution in [-0.4, -0.2) is 10.2 Å². The molecule has 27 heavy (non-hydrogen) atoms. The minimum Gasteiger partial charge on any atom is -0.508 e. The molecule has 1 atom stereocenters. The molecule has 3 rings (SSSR count). The van der Waals surface area contributed by atoms with E-state index in [1.807, 2.05) is 24.3 Å². The maximum atomic E-state index is 9.62. The lowest BCUT2D eigenvalue weighted by atomic mass is 9.86. The van der Waals surface area contributed by atoms with Crippen molar-refractivity contribution in [3.63, 3.8) is 0 Å². The maximum absolute atomic E-state index is 9.62. The summed E-state index contributed by atoms with van der Waals surface area (Å²) in [6, 6.07) is 23.7. The predicted octanol–water partition coefficient (Wildman–Crippen LogP) is 6.87. The molecule has 0 heterocycles. The van der Waals surface area contributed by atoms with Crippen molar-refractivity contribution in [2.24, 2.45) is 0 Å². The first-order chi connectivity index (χ1) is 13.2.